The monoisotopic (exact) mass is 736 g/mol. The van der Waals surface area contributed by atoms with Gasteiger partial charge in [0.2, 0.25) is 0 Å². The van der Waals surface area contributed by atoms with E-state index in [1.165, 1.54) is 49.6 Å². The van der Waals surface area contributed by atoms with Crippen LogP contribution in [-0.2, 0) is 26.7 Å². The van der Waals surface area contributed by atoms with Crippen molar-refractivity contribution in [2.45, 2.75) is 34.2 Å². The molecule has 0 bridgehead atoms. The predicted octanol–water partition coefficient (Wildman–Crippen LogP) is 9.82. The van der Waals surface area contributed by atoms with E-state index >= 15 is 0 Å². The summed E-state index contributed by atoms with van der Waals surface area (Å²) in [5.74, 6) is 0. The van der Waals surface area contributed by atoms with Gasteiger partial charge in [0.25, 0.3) is 0 Å². The van der Waals surface area contributed by atoms with Gasteiger partial charge in [0.05, 0.1) is 0 Å². The Balaban J connectivity index is 0.000000167. The number of aromatic nitrogens is 3. The summed E-state index contributed by atoms with van der Waals surface area (Å²) in [6.45, 7) is 9.60. The molecule has 7 rings (SSSR count). The molecule has 0 fully saturated rings. The fraction of sp³-hybridized carbons (Fsp3) is 0.128. The molecule has 7 aromatic rings. The first-order valence-corrected chi connectivity index (χ1v) is 14.4. The van der Waals surface area contributed by atoms with Crippen LogP contribution in [0.15, 0.2) is 116 Å². The second-order valence-electron chi connectivity index (χ2n) is 10.6. The van der Waals surface area contributed by atoms with Gasteiger partial charge in [-0.1, -0.05) is 65.5 Å². The molecule has 0 aliphatic carbocycles. The zero-order valence-corrected chi connectivity index (χ0v) is 27.2. The average Bonchev–Trinajstić information content (AvgIpc) is 3.35. The summed E-state index contributed by atoms with van der Waals surface area (Å²) in [5, 5.41) is 2.56. The summed E-state index contributed by atoms with van der Waals surface area (Å²) < 4.78 is 2.34. The van der Waals surface area contributed by atoms with Gasteiger partial charge in [-0.15, -0.1) is 59.7 Å². The minimum absolute atomic E-state index is 0. The molecular weight excluding hydrogens is 703 g/mol. The smallest absolute Gasteiger partial charge is 0.0391 e. The molecule has 4 heteroatoms. The van der Waals surface area contributed by atoms with Crippen molar-refractivity contribution in [1.29, 1.82) is 0 Å². The molecule has 0 amide bonds. The minimum Gasteiger partial charge on any atom is -0.381 e. The minimum atomic E-state index is 0. The van der Waals surface area contributed by atoms with Crippen LogP contribution in [0.25, 0.3) is 55.4 Å². The molecule has 43 heavy (non-hydrogen) atoms. The summed E-state index contributed by atoms with van der Waals surface area (Å²) in [6.07, 6.45) is 3.78. The molecule has 0 spiro atoms. The van der Waals surface area contributed by atoms with Crippen LogP contribution in [0, 0.1) is 32.9 Å². The van der Waals surface area contributed by atoms with Crippen molar-refractivity contribution in [2.24, 2.45) is 0 Å². The predicted molar refractivity (Wildman–Crippen MR) is 175 cm³/mol. The van der Waals surface area contributed by atoms with E-state index in [9.17, 15) is 0 Å². The summed E-state index contributed by atoms with van der Waals surface area (Å²) in [5.41, 5.74) is 12.9. The number of nitrogens with zero attached hydrogens (tertiary/aromatic N) is 3. The van der Waals surface area contributed by atoms with E-state index in [4.69, 9.17) is 0 Å². The van der Waals surface area contributed by atoms with E-state index in [2.05, 4.69) is 115 Å². The number of pyridine rings is 2. The Kier molecular flexibility index (Phi) is 9.30. The van der Waals surface area contributed by atoms with Crippen molar-refractivity contribution in [3.8, 4) is 33.6 Å². The zero-order valence-electron chi connectivity index (χ0n) is 24.9. The Morgan fingerprint density at radius 1 is 0.674 bits per heavy atom. The zero-order chi connectivity index (χ0) is 29.1. The third-order valence-electron chi connectivity index (χ3n) is 7.68. The molecule has 4 aromatic carbocycles. The molecule has 0 aliphatic rings. The SMILES string of the molecule is CCn1c2c[c-]c(-c3ccccn3)cc2c2ccccc21.Cc1cc(C)c(-c2ccc(-c3[c-]cccc3)nc2)c(C)c1.[Ir]. The normalized spacial score (nSPS) is 10.7. The van der Waals surface area contributed by atoms with Crippen LogP contribution in [0.2, 0.25) is 0 Å². The molecule has 0 saturated carbocycles. The molecule has 0 atom stereocenters. The van der Waals surface area contributed by atoms with Crippen molar-refractivity contribution in [3.05, 3.63) is 144 Å². The van der Waals surface area contributed by atoms with E-state index in [0.717, 1.165) is 29.1 Å². The van der Waals surface area contributed by atoms with Gasteiger partial charge in [0.15, 0.2) is 0 Å². The number of hydrogen-bond donors (Lipinski definition) is 0. The van der Waals surface area contributed by atoms with Crippen LogP contribution >= 0.6 is 0 Å². The van der Waals surface area contributed by atoms with Crippen LogP contribution in [0.4, 0.5) is 0 Å². The van der Waals surface area contributed by atoms with Crippen LogP contribution in [0.5, 0.6) is 0 Å². The Labute approximate surface area is 267 Å². The average molecular weight is 736 g/mol. The van der Waals surface area contributed by atoms with Crippen molar-refractivity contribution in [3.63, 3.8) is 0 Å². The number of hydrogen-bond acceptors (Lipinski definition) is 2. The molecule has 215 valence electrons. The van der Waals surface area contributed by atoms with E-state index in [1.54, 1.807) is 0 Å². The van der Waals surface area contributed by atoms with Gasteiger partial charge in [0, 0.05) is 44.6 Å². The van der Waals surface area contributed by atoms with Crippen molar-refractivity contribution >= 4 is 21.8 Å². The Hall–Kier alpha value is -4.37. The third-order valence-corrected chi connectivity index (χ3v) is 7.68. The van der Waals surface area contributed by atoms with E-state index in [1.807, 2.05) is 54.9 Å². The number of para-hydroxylation sites is 1. The molecule has 3 aromatic heterocycles. The van der Waals surface area contributed by atoms with Gasteiger partial charge in [-0.2, -0.15) is 0 Å². The van der Waals surface area contributed by atoms with Crippen molar-refractivity contribution in [2.75, 3.05) is 0 Å². The molecule has 0 unspecified atom stereocenters. The largest absolute Gasteiger partial charge is 0.381 e. The first-order valence-electron chi connectivity index (χ1n) is 14.4. The first-order chi connectivity index (χ1) is 20.5. The van der Waals surface area contributed by atoms with Gasteiger partial charge in [-0.05, 0) is 84.4 Å². The maximum atomic E-state index is 4.60. The van der Waals surface area contributed by atoms with Crippen LogP contribution in [0.3, 0.4) is 0 Å². The summed E-state index contributed by atoms with van der Waals surface area (Å²) >= 11 is 0. The molecule has 3 heterocycles. The number of aryl methyl sites for hydroxylation is 4. The Morgan fingerprint density at radius 3 is 2.09 bits per heavy atom. The van der Waals surface area contributed by atoms with Gasteiger partial charge in [-0.25, -0.2) is 0 Å². The fourth-order valence-corrected chi connectivity index (χ4v) is 5.89. The van der Waals surface area contributed by atoms with Crippen LogP contribution in [-0.4, -0.2) is 14.5 Å². The molecule has 3 nitrogen and oxygen atoms in total. The summed E-state index contributed by atoms with van der Waals surface area (Å²) in [6, 6.07) is 42.0. The fourth-order valence-electron chi connectivity index (χ4n) is 5.89. The van der Waals surface area contributed by atoms with Gasteiger partial charge in [0.1, 0.15) is 0 Å². The quantitative estimate of drug-likeness (QED) is 0.169. The molecule has 1 radical (unpaired) electrons. The molecule has 0 saturated heterocycles. The van der Waals surface area contributed by atoms with Crippen LogP contribution < -0.4 is 0 Å². The summed E-state index contributed by atoms with van der Waals surface area (Å²) in [7, 11) is 0. The molecule has 0 N–H and O–H groups in total. The van der Waals surface area contributed by atoms with Gasteiger partial charge >= 0.3 is 0 Å². The molecular formula is C39H33IrN3-2. The van der Waals surface area contributed by atoms with Gasteiger partial charge in [-0.3, -0.25) is 0 Å². The summed E-state index contributed by atoms with van der Waals surface area (Å²) in [4.78, 5) is 9.02. The number of fused-ring (bicyclic) bond motifs is 3. The molecule has 0 aliphatic heterocycles. The maximum absolute atomic E-state index is 4.60. The second-order valence-corrected chi connectivity index (χ2v) is 10.6. The maximum Gasteiger partial charge on any atom is 0.0391 e. The standard InChI is InChI=1S/C20H18N.C19H15N2.Ir/c1-14-11-15(2)20(16(3)12-14)18-9-10-19(21-13-18)17-7-5-4-6-8-17;1-2-21-18-9-4-3-7-15(18)16-13-14(10-11-19(16)21)17-8-5-6-12-20-17;/h4-7,9-13H,1-3H3;3-9,11-13H,2H2,1H3;/q2*-1;. The van der Waals surface area contributed by atoms with E-state index in [-0.39, 0.29) is 20.1 Å². The van der Waals surface area contributed by atoms with Crippen LogP contribution in [0.1, 0.15) is 23.6 Å². The second kappa shape index (κ2) is 13.3. The van der Waals surface area contributed by atoms with E-state index < -0.39 is 0 Å². The number of rotatable bonds is 4. The topological polar surface area (TPSA) is 30.7 Å². The van der Waals surface area contributed by atoms with Crippen molar-refractivity contribution < 1.29 is 20.1 Å². The first kappa shape index (κ1) is 30.1. The van der Waals surface area contributed by atoms with Crippen molar-refractivity contribution in [1.82, 2.24) is 14.5 Å². The number of benzene rings is 4. The Morgan fingerprint density at radius 2 is 1.42 bits per heavy atom. The Bertz CT molecular complexity index is 1950. The van der Waals surface area contributed by atoms with Gasteiger partial charge < -0.3 is 14.5 Å². The van der Waals surface area contributed by atoms with E-state index in [0.29, 0.717) is 0 Å². The third kappa shape index (κ3) is 6.22.